The van der Waals surface area contributed by atoms with Crippen LogP contribution in [0.4, 0.5) is 0 Å². The third kappa shape index (κ3) is 2.96. The van der Waals surface area contributed by atoms with Crippen molar-refractivity contribution in [1.29, 1.82) is 0 Å². The summed E-state index contributed by atoms with van der Waals surface area (Å²) in [6.07, 6.45) is 0. The molecule has 0 aliphatic rings. The average Bonchev–Trinajstić information content (AvgIpc) is 2.20. The van der Waals surface area contributed by atoms with Crippen molar-refractivity contribution in [3.05, 3.63) is 66.1 Å². The van der Waals surface area contributed by atoms with Gasteiger partial charge in [0.25, 0.3) is 0 Å². The molecule has 0 nitrogen and oxygen atoms in total. The standard InChI is InChI=1S/C15H14.Y/c1-11-4-7-14(8-5-11)15-9-6-12(2)10-13(15)3;/h4-7,9-10H,3H2,1-2H3;/q-2;. The zero-order valence-corrected chi connectivity index (χ0v) is 12.6. The van der Waals surface area contributed by atoms with E-state index in [0.29, 0.717) is 0 Å². The molecule has 0 aliphatic carbocycles. The summed E-state index contributed by atoms with van der Waals surface area (Å²) in [7, 11) is 0. The van der Waals surface area contributed by atoms with Crippen molar-refractivity contribution in [3.8, 4) is 11.1 Å². The van der Waals surface area contributed by atoms with Gasteiger partial charge >= 0.3 is 0 Å². The molecule has 2 aromatic carbocycles. The Morgan fingerprint density at radius 2 is 1.69 bits per heavy atom. The van der Waals surface area contributed by atoms with Crippen LogP contribution in [0.25, 0.3) is 11.1 Å². The molecule has 2 aromatic rings. The zero-order valence-electron chi connectivity index (χ0n) is 9.75. The third-order valence-corrected chi connectivity index (χ3v) is 2.52. The normalized spacial score (nSPS) is 9.62. The van der Waals surface area contributed by atoms with Crippen molar-refractivity contribution in [2.45, 2.75) is 13.8 Å². The van der Waals surface area contributed by atoms with Gasteiger partial charge in [0, 0.05) is 32.7 Å². The molecule has 0 aromatic heterocycles. The Morgan fingerprint density at radius 3 is 2.25 bits per heavy atom. The van der Waals surface area contributed by atoms with E-state index in [1.54, 1.807) is 0 Å². The number of aryl methyl sites for hydroxylation is 2. The molecule has 16 heavy (non-hydrogen) atoms. The minimum Gasteiger partial charge on any atom is -0.195 e. The molecular formula is C15H14Y-2. The molecular weight excluding hydrogens is 269 g/mol. The molecule has 0 bridgehead atoms. The van der Waals surface area contributed by atoms with E-state index < -0.39 is 0 Å². The first-order valence-electron chi connectivity index (χ1n) is 5.08. The Labute approximate surface area is 123 Å². The fourth-order valence-corrected chi connectivity index (χ4v) is 1.66. The van der Waals surface area contributed by atoms with Gasteiger partial charge in [-0.15, -0.1) is 46.5 Å². The maximum atomic E-state index is 4.06. The summed E-state index contributed by atoms with van der Waals surface area (Å²) in [5.74, 6) is 0. The molecule has 1 heteroatoms. The van der Waals surface area contributed by atoms with Gasteiger partial charge in [0.2, 0.25) is 0 Å². The second kappa shape index (κ2) is 5.66. The number of hydrogen-bond acceptors (Lipinski definition) is 0. The molecule has 1 radical (unpaired) electrons. The summed E-state index contributed by atoms with van der Waals surface area (Å²) >= 11 is 0. The second-order valence-corrected chi connectivity index (χ2v) is 3.94. The molecule has 0 atom stereocenters. The van der Waals surface area contributed by atoms with Crippen LogP contribution < -0.4 is 0 Å². The van der Waals surface area contributed by atoms with Crippen LogP contribution in [0.2, 0.25) is 0 Å². The van der Waals surface area contributed by atoms with Crippen molar-refractivity contribution >= 4 is 0 Å². The predicted octanol–water partition coefficient (Wildman–Crippen LogP) is 3.95. The summed E-state index contributed by atoms with van der Waals surface area (Å²) in [4.78, 5) is 0. The Kier molecular flexibility index (Phi) is 4.76. The Morgan fingerprint density at radius 1 is 1.00 bits per heavy atom. The molecule has 2 rings (SSSR count). The summed E-state index contributed by atoms with van der Waals surface area (Å²) < 4.78 is 0. The molecule has 0 N–H and O–H groups in total. The Balaban J connectivity index is 0.00000128. The number of benzene rings is 2. The SMILES string of the molecule is [CH2-]c1cc(C)ccc1-c1[c-]cc(C)cc1.[Y]. The molecule has 0 unspecified atom stereocenters. The van der Waals surface area contributed by atoms with Gasteiger partial charge in [0.15, 0.2) is 0 Å². The fourth-order valence-electron chi connectivity index (χ4n) is 1.66. The zero-order chi connectivity index (χ0) is 10.8. The van der Waals surface area contributed by atoms with Gasteiger partial charge in [-0.25, -0.2) is 0 Å². The van der Waals surface area contributed by atoms with Gasteiger partial charge in [-0.05, 0) is 0 Å². The van der Waals surface area contributed by atoms with Gasteiger partial charge in [-0.3, -0.25) is 0 Å². The van der Waals surface area contributed by atoms with Gasteiger partial charge in [-0.2, -0.15) is 18.6 Å². The molecule has 0 saturated carbocycles. The molecule has 0 fully saturated rings. The van der Waals surface area contributed by atoms with E-state index in [-0.39, 0.29) is 32.7 Å². The van der Waals surface area contributed by atoms with E-state index >= 15 is 0 Å². The molecule has 0 amide bonds. The van der Waals surface area contributed by atoms with Crippen molar-refractivity contribution in [2.75, 3.05) is 0 Å². The topological polar surface area (TPSA) is 0 Å². The van der Waals surface area contributed by atoms with Gasteiger partial charge in [-0.1, -0.05) is 26.0 Å². The minimum atomic E-state index is 0. The largest absolute Gasteiger partial charge is 0.195 e. The number of rotatable bonds is 1. The third-order valence-electron chi connectivity index (χ3n) is 2.52. The van der Waals surface area contributed by atoms with E-state index in [1.807, 2.05) is 6.07 Å². The smallest absolute Gasteiger partial charge is 0 e. The van der Waals surface area contributed by atoms with Crippen molar-refractivity contribution in [1.82, 2.24) is 0 Å². The van der Waals surface area contributed by atoms with Gasteiger partial charge < -0.3 is 0 Å². The van der Waals surface area contributed by atoms with Crippen LogP contribution in [-0.4, -0.2) is 0 Å². The van der Waals surface area contributed by atoms with E-state index in [2.05, 4.69) is 57.2 Å². The second-order valence-electron chi connectivity index (χ2n) is 3.94. The van der Waals surface area contributed by atoms with Crippen molar-refractivity contribution in [3.63, 3.8) is 0 Å². The maximum absolute atomic E-state index is 4.06. The average molecular weight is 283 g/mol. The van der Waals surface area contributed by atoms with Crippen LogP contribution in [0.15, 0.2) is 36.4 Å². The van der Waals surface area contributed by atoms with Crippen molar-refractivity contribution < 1.29 is 32.7 Å². The molecule has 0 saturated heterocycles. The number of hydrogen-bond donors (Lipinski definition) is 0. The van der Waals surface area contributed by atoms with Gasteiger partial charge in [0.05, 0.1) is 0 Å². The van der Waals surface area contributed by atoms with E-state index in [0.717, 1.165) is 11.1 Å². The van der Waals surface area contributed by atoms with Crippen LogP contribution in [0.3, 0.4) is 0 Å². The molecule has 0 heterocycles. The van der Waals surface area contributed by atoms with Crippen LogP contribution >= 0.6 is 0 Å². The molecule has 0 aliphatic heterocycles. The van der Waals surface area contributed by atoms with Crippen LogP contribution in [0.5, 0.6) is 0 Å². The van der Waals surface area contributed by atoms with E-state index in [1.165, 1.54) is 16.7 Å². The maximum Gasteiger partial charge on any atom is 0 e. The van der Waals surface area contributed by atoms with Crippen LogP contribution in [-0.2, 0) is 32.7 Å². The van der Waals surface area contributed by atoms with Crippen LogP contribution in [0.1, 0.15) is 16.7 Å². The minimum absolute atomic E-state index is 0. The predicted molar refractivity (Wildman–Crippen MR) is 64.6 cm³/mol. The molecule has 0 spiro atoms. The fraction of sp³-hybridized carbons (Fsp3) is 0.133. The van der Waals surface area contributed by atoms with Crippen LogP contribution in [0, 0.1) is 26.8 Å². The van der Waals surface area contributed by atoms with Gasteiger partial charge in [0.1, 0.15) is 0 Å². The molecule has 79 valence electrons. The first kappa shape index (κ1) is 13.5. The monoisotopic (exact) mass is 283 g/mol. The first-order valence-corrected chi connectivity index (χ1v) is 5.08. The Bertz CT molecular complexity index is 469. The summed E-state index contributed by atoms with van der Waals surface area (Å²) in [5.41, 5.74) is 5.83. The van der Waals surface area contributed by atoms with Crippen molar-refractivity contribution in [2.24, 2.45) is 0 Å². The summed E-state index contributed by atoms with van der Waals surface area (Å²) in [6, 6.07) is 15.8. The summed E-state index contributed by atoms with van der Waals surface area (Å²) in [6.45, 7) is 8.21. The van der Waals surface area contributed by atoms with E-state index in [9.17, 15) is 0 Å². The van der Waals surface area contributed by atoms with E-state index in [4.69, 9.17) is 0 Å². The Hall–Kier alpha value is -0.586. The summed E-state index contributed by atoms with van der Waals surface area (Å²) in [5, 5.41) is 0. The quantitative estimate of drug-likeness (QED) is 0.695. The first-order chi connectivity index (χ1) is 7.16.